The van der Waals surface area contributed by atoms with Crippen LogP contribution >= 0.6 is 0 Å². The van der Waals surface area contributed by atoms with E-state index in [1.54, 1.807) is 0 Å². The van der Waals surface area contributed by atoms with E-state index < -0.39 is 0 Å². The highest BCUT2D eigenvalue weighted by molar-refractivity contribution is 4.98. The van der Waals surface area contributed by atoms with Crippen LogP contribution in [0.25, 0.3) is 0 Å². The number of hydrogen-bond acceptors (Lipinski definition) is 2. The van der Waals surface area contributed by atoms with Gasteiger partial charge in [0.1, 0.15) is 0 Å². The standard InChI is InChI=1S/C12H23NO/c1-5-10(6-2)12(14)9-13-11(7-3)8-4/h3,10-14H,5-6,8-9H2,1-2,4H3. The summed E-state index contributed by atoms with van der Waals surface area (Å²) in [5.74, 6) is 3.05. The molecule has 0 rings (SSSR count). The molecule has 0 aromatic carbocycles. The number of nitrogens with one attached hydrogen (secondary N) is 1. The molecule has 0 amide bonds. The van der Waals surface area contributed by atoms with Crippen molar-refractivity contribution >= 4 is 0 Å². The SMILES string of the molecule is C#CC(CC)NCC(O)C(CC)CC. The summed E-state index contributed by atoms with van der Waals surface area (Å²) < 4.78 is 0. The first-order chi connectivity index (χ1) is 6.69. The Labute approximate surface area is 88.1 Å². The van der Waals surface area contributed by atoms with Crippen LogP contribution in [0, 0.1) is 18.3 Å². The van der Waals surface area contributed by atoms with Gasteiger partial charge in [0.05, 0.1) is 12.1 Å². The normalized spacial score (nSPS) is 15.1. The first-order valence-electron chi connectivity index (χ1n) is 5.57. The van der Waals surface area contributed by atoms with Crippen LogP contribution in [-0.4, -0.2) is 23.8 Å². The topological polar surface area (TPSA) is 32.3 Å². The third kappa shape index (κ3) is 4.64. The molecule has 2 heteroatoms. The van der Waals surface area contributed by atoms with Crippen LogP contribution in [0.3, 0.4) is 0 Å². The summed E-state index contributed by atoms with van der Waals surface area (Å²) in [6, 6.07) is 0.0963. The Kier molecular flexibility index (Phi) is 7.55. The molecule has 2 unspecified atom stereocenters. The molecule has 0 aromatic rings. The fourth-order valence-electron chi connectivity index (χ4n) is 1.58. The van der Waals surface area contributed by atoms with E-state index in [9.17, 15) is 5.11 Å². The zero-order chi connectivity index (χ0) is 11.0. The predicted molar refractivity (Wildman–Crippen MR) is 61.0 cm³/mol. The smallest absolute Gasteiger partial charge is 0.0692 e. The number of hydrogen-bond donors (Lipinski definition) is 2. The Hall–Kier alpha value is -0.520. The van der Waals surface area contributed by atoms with Gasteiger partial charge in [0, 0.05) is 6.54 Å². The highest BCUT2D eigenvalue weighted by Crippen LogP contribution is 2.12. The van der Waals surface area contributed by atoms with Crippen molar-refractivity contribution in [2.75, 3.05) is 6.54 Å². The summed E-state index contributed by atoms with van der Waals surface area (Å²) in [5, 5.41) is 13.0. The molecular formula is C12H23NO. The highest BCUT2D eigenvalue weighted by Gasteiger charge is 2.15. The first kappa shape index (κ1) is 13.5. The van der Waals surface area contributed by atoms with Crippen LogP contribution in [0.1, 0.15) is 40.0 Å². The second-order valence-electron chi connectivity index (χ2n) is 3.68. The maximum atomic E-state index is 9.82. The van der Waals surface area contributed by atoms with Crippen LogP contribution in [0.2, 0.25) is 0 Å². The van der Waals surface area contributed by atoms with E-state index in [0.717, 1.165) is 19.3 Å². The lowest BCUT2D eigenvalue weighted by atomic mass is 9.96. The molecule has 2 N–H and O–H groups in total. The number of rotatable bonds is 7. The maximum Gasteiger partial charge on any atom is 0.0692 e. The molecule has 0 fully saturated rings. The summed E-state index contributed by atoms with van der Waals surface area (Å²) in [4.78, 5) is 0. The molecule has 0 aromatic heterocycles. The molecule has 0 spiro atoms. The molecule has 0 aliphatic heterocycles. The second kappa shape index (κ2) is 7.84. The Morgan fingerprint density at radius 3 is 2.14 bits per heavy atom. The Bertz CT molecular complexity index is 170. The van der Waals surface area contributed by atoms with E-state index in [1.807, 2.05) is 6.92 Å². The molecule has 0 aliphatic rings. The molecule has 82 valence electrons. The van der Waals surface area contributed by atoms with E-state index >= 15 is 0 Å². The minimum Gasteiger partial charge on any atom is -0.392 e. The van der Waals surface area contributed by atoms with Crippen LogP contribution in [-0.2, 0) is 0 Å². The van der Waals surface area contributed by atoms with Gasteiger partial charge >= 0.3 is 0 Å². The molecule has 0 radical (unpaired) electrons. The summed E-state index contributed by atoms with van der Waals surface area (Å²) in [6.07, 6.45) is 7.99. The van der Waals surface area contributed by atoms with E-state index in [-0.39, 0.29) is 12.1 Å². The second-order valence-corrected chi connectivity index (χ2v) is 3.68. The molecule has 2 atom stereocenters. The third-order valence-electron chi connectivity index (χ3n) is 2.78. The van der Waals surface area contributed by atoms with Crippen LogP contribution < -0.4 is 5.32 Å². The fourth-order valence-corrected chi connectivity index (χ4v) is 1.58. The monoisotopic (exact) mass is 197 g/mol. The van der Waals surface area contributed by atoms with Crippen molar-refractivity contribution in [3.05, 3.63) is 0 Å². The Morgan fingerprint density at radius 2 is 1.79 bits per heavy atom. The number of terminal acetylenes is 1. The van der Waals surface area contributed by atoms with Gasteiger partial charge < -0.3 is 10.4 Å². The number of aliphatic hydroxyl groups excluding tert-OH is 1. The van der Waals surface area contributed by atoms with E-state index in [0.29, 0.717) is 12.5 Å². The van der Waals surface area contributed by atoms with Crippen LogP contribution in [0.5, 0.6) is 0 Å². The fraction of sp³-hybridized carbons (Fsp3) is 0.833. The summed E-state index contributed by atoms with van der Waals surface area (Å²) in [6.45, 7) is 6.86. The summed E-state index contributed by atoms with van der Waals surface area (Å²) >= 11 is 0. The Balaban J connectivity index is 3.82. The lowest BCUT2D eigenvalue weighted by Crippen LogP contribution is -2.37. The van der Waals surface area contributed by atoms with Gasteiger partial charge in [0.25, 0.3) is 0 Å². The largest absolute Gasteiger partial charge is 0.392 e. The van der Waals surface area contributed by atoms with Gasteiger partial charge in [-0.1, -0.05) is 39.5 Å². The van der Waals surface area contributed by atoms with Crippen molar-refractivity contribution in [1.82, 2.24) is 5.32 Å². The molecular weight excluding hydrogens is 174 g/mol. The molecule has 2 nitrogen and oxygen atoms in total. The molecule has 0 saturated carbocycles. The van der Waals surface area contributed by atoms with Gasteiger partial charge in [-0.25, -0.2) is 0 Å². The van der Waals surface area contributed by atoms with Gasteiger partial charge in [0.15, 0.2) is 0 Å². The molecule has 0 bridgehead atoms. The Morgan fingerprint density at radius 1 is 1.21 bits per heavy atom. The maximum absolute atomic E-state index is 9.82. The van der Waals surface area contributed by atoms with Gasteiger partial charge in [-0.15, -0.1) is 6.42 Å². The van der Waals surface area contributed by atoms with Crippen molar-refractivity contribution in [3.63, 3.8) is 0 Å². The van der Waals surface area contributed by atoms with Gasteiger partial charge in [-0.2, -0.15) is 0 Å². The van der Waals surface area contributed by atoms with Gasteiger partial charge in [-0.05, 0) is 12.3 Å². The van der Waals surface area contributed by atoms with Crippen molar-refractivity contribution in [2.45, 2.75) is 52.2 Å². The van der Waals surface area contributed by atoms with E-state index in [1.165, 1.54) is 0 Å². The lowest BCUT2D eigenvalue weighted by molar-refractivity contribution is 0.0999. The molecule has 0 heterocycles. The predicted octanol–water partition coefficient (Wildman–Crippen LogP) is 1.78. The zero-order valence-corrected chi connectivity index (χ0v) is 9.59. The minimum atomic E-state index is -0.271. The first-order valence-corrected chi connectivity index (χ1v) is 5.57. The summed E-state index contributed by atoms with van der Waals surface area (Å²) in [7, 11) is 0. The van der Waals surface area contributed by atoms with Crippen LogP contribution in [0.15, 0.2) is 0 Å². The summed E-state index contributed by atoms with van der Waals surface area (Å²) in [5.41, 5.74) is 0. The zero-order valence-electron chi connectivity index (χ0n) is 9.59. The minimum absolute atomic E-state index is 0.0963. The van der Waals surface area contributed by atoms with Gasteiger partial charge in [0.2, 0.25) is 0 Å². The number of aliphatic hydroxyl groups is 1. The quantitative estimate of drug-likeness (QED) is 0.610. The van der Waals surface area contributed by atoms with Crippen molar-refractivity contribution in [3.8, 4) is 12.3 Å². The van der Waals surface area contributed by atoms with Crippen molar-refractivity contribution in [2.24, 2.45) is 5.92 Å². The van der Waals surface area contributed by atoms with Crippen molar-refractivity contribution in [1.29, 1.82) is 0 Å². The molecule has 0 saturated heterocycles. The third-order valence-corrected chi connectivity index (χ3v) is 2.78. The average Bonchev–Trinajstić information content (AvgIpc) is 2.21. The molecule has 0 aliphatic carbocycles. The highest BCUT2D eigenvalue weighted by atomic mass is 16.3. The van der Waals surface area contributed by atoms with E-state index in [2.05, 4.69) is 25.1 Å². The van der Waals surface area contributed by atoms with E-state index in [4.69, 9.17) is 6.42 Å². The average molecular weight is 197 g/mol. The van der Waals surface area contributed by atoms with Crippen LogP contribution in [0.4, 0.5) is 0 Å². The molecule has 14 heavy (non-hydrogen) atoms. The lowest BCUT2D eigenvalue weighted by Gasteiger charge is -2.21. The van der Waals surface area contributed by atoms with Crippen molar-refractivity contribution < 1.29 is 5.11 Å². The van der Waals surface area contributed by atoms with Gasteiger partial charge in [-0.3, -0.25) is 0 Å².